The first-order chi connectivity index (χ1) is 10.1. The maximum Gasteiger partial charge on any atom is 0.142 e. The molecule has 0 unspecified atom stereocenters. The number of aromatic nitrogens is 2. The van der Waals surface area contributed by atoms with Gasteiger partial charge in [-0.15, -0.1) is 11.3 Å². The molecule has 0 aliphatic rings. The zero-order valence-electron chi connectivity index (χ0n) is 12.1. The summed E-state index contributed by atoms with van der Waals surface area (Å²) in [5.41, 5.74) is 1.89. The van der Waals surface area contributed by atoms with E-state index in [-0.39, 0.29) is 0 Å². The average molecular weight is 319 g/mol. The van der Waals surface area contributed by atoms with E-state index in [0.717, 1.165) is 32.9 Å². The van der Waals surface area contributed by atoms with Gasteiger partial charge in [-0.05, 0) is 35.6 Å². The van der Waals surface area contributed by atoms with Crippen molar-refractivity contribution in [3.05, 3.63) is 40.5 Å². The van der Waals surface area contributed by atoms with Crippen LogP contribution in [-0.2, 0) is 0 Å². The second-order valence-electron chi connectivity index (χ2n) is 5.12. The van der Waals surface area contributed by atoms with E-state index in [4.69, 9.17) is 16.3 Å². The molecule has 0 N–H and O–H groups in total. The van der Waals surface area contributed by atoms with Crippen molar-refractivity contribution >= 4 is 33.7 Å². The van der Waals surface area contributed by atoms with E-state index in [9.17, 15) is 0 Å². The number of pyridine rings is 1. The molecule has 0 atom stereocenters. The van der Waals surface area contributed by atoms with Crippen molar-refractivity contribution in [3.8, 4) is 16.5 Å². The third-order valence-electron chi connectivity index (χ3n) is 3.32. The number of hydrogen-bond donors (Lipinski definition) is 0. The van der Waals surface area contributed by atoms with Crippen molar-refractivity contribution in [1.82, 2.24) is 9.97 Å². The van der Waals surface area contributed by atoms with Crippen molar-refractivity contribution in [2.75, 3.05) is 7.11 Å². The van der Waals surface area contributed by atoms with E-state index in [2.05, 4.69) is 29.2 Å². The van der Waals surface area contributed by atoms with Crippen LogP contribution in [0.5, 0.6) is 5.75 Å². The van der Waals surface area contributed by atoms with Gasteiger partial charge in [-0.3, -0.25) is 0 Å². The number of hydrogen-bond acceptors (Lipinski definition) is 4. The van der Waals surface area contributed by atoms with Gasteiger partial charge < -0.3 is 4.74 Å². The largest absolute Gasteiger partial charge is 0.497 e. The Morgan fingerprint density at radius 3 is 2.67 bits per heavy atom. The average Bonchev–Trinajstić information content (AvgIpc) is 2.96. The van der Waals surface area contributed by atoms with Crippen molar-refractivity contribution in [2.24, 2.45) is 0 Å². The molecule has 2 aromatic heterocycles. The molecule has 3 rings (SSSR count). The van der Waals surface area contributed by atoms with E-state index in [1.807, 2.05) is 24.3 Å². The summed E-state index contributed by atoms with van der Waals surface area (Å²) in [6.45, 7) is 4.26. The van der Waals surface area contributed by atoms with E-state index in [0.29, 0.717) is 11.1 Å². The van der Waals surface area contributed by atoms with Gasteiger partial charge in [0, 0.05) is 10.8 Å². The van der Waals surface area contributed by atoms with Crippen LogP contribution in [0.3, 0.4) is 0 Å². The standard InChI is InChI=1S/C16H15ClN2OS/c1-9(2)14-8-21-16(19-14)13-7-10-6-11(20-3)4-5-12(10)15(17)18-13/h4-9H,1-3H3. The molecule has 21 heavy (non-hydrogen) atoms. The Labute approximate surface area is 132 Å². The van der Waals surface area contributed by atoms with Crippen LogP contribution in [0.15, 0.2) is 29.6 Å². The fraction of sp³-hybridized carbons (Fsp3) is 0.250. The lowest BCUT2D eigenvalue weighted by Crippen LogP contribution is -1.90. The van der Waals surface area contributed by atoms with E-state index in [1.54, 1.807) is 18.4 Å². The molecule has 0 aliphatic heterocycles. The lowest BCUT2D eigenvalue weighted by molar-refractivity contribution is 0.415. The van der Waals surface area contributed by atoms with E-state index >= 15 is 0 Å². The van der Waals surface area contributed by atoms with Gasteiger partial charge >= 0.3 is 0 Å². The van der Waals surface area contributed by atoms with Crippen molar-refractivity contribution in [2.45, 2.75) is 19.8 Å². The Morgan fingerprint density at radius 1 is 1.19 bits per heavy atom. The predicted molar refractivity (Wildman–Crippen MR) is 88.5 cm³/mol. The predicted octanol–water partition coefficient (Wildman–Crippen LogP) is 5.14. The van der Waals surface area contributed by atoms with Crippen LogP contribution in [-0.4, -0.2) is 17.1 Å². The number of thiazole rings is 1. The van der Waals surface area contributed by atoms with Gasteiger partial charge in [0.1, 0.15) is 21.6 Å². The summed E-state index contributed by atoms with van der Waals surface area (Å²) in [5, 5.41) is 5.38. The zero-order valence-corrected chi connectivity index (χ0v) is 13.6. The molecule has 0 amide bonds. The fourth-order valence-corrected chi connectivity index (χ4v) is 3.30. The second-order valence-corrected chi connectivity index (χ2v) is 6.33. The number of halogens is 1. The molecule has 1 aromatic carbocycles. The highest BCUT2D eigenvalue weighted by Gasteiger charge is 2.12. The maximum atomic E-state index is 6.30. The second kappa shape index (κ2) is 5.62. The Bertz CT molecular complexity index is 798. The smallest absolute Gasteiger partial charge is 0.142 e. The highest BCUT2D eigenvalue weighted by atomic mass is 35.5. The van der Waals surface area contributed by atoms with Crippen LogP contribution < -0.4 is 4.74 Å². The number of nitrogens with zero attached hydrogens (tertiary/aromatic N) is 2. The van der Waals surface area contributed by atoms with Gasteiger partial charge in [-0.25, -0.2) is 9.97 Å². The molecule has 108 valence electrons. The van der Waals surface area contributed by atoms with E-state index < -0.39 is 0 Å². The third-order valence-corrected chi connectivity index (χ3v) is 4.50. The number of benzene rings is 1. The van der Waals surface area contributed by atoms with Crippen LogP contribution in [0.4, 0.5) is 0 Å². The summed E-state index contributed by atoms with van der Waals surface area (Å²) in [6.07, 6.45) is 0. The van der Waals surface area contributed by atoms with Crippen LogP contribution in [0.2, 0.25) is 5.15 Å². The fourth-order valence-electron chi connectivity index (χ4n) is 2.10. The van der Waals surface area contributed by atoms with Gasteiger partial charge in [-0.1, -0.05) is 25.4 Å². The zero-order chi connectivity index (χ0) is 15.0. The molecule has 0 aliphatic carbocycles. The van der Waals surface area contributed by atoms with Gasteiger partial charge in [0.25, 0.3) is 0 Å². The molecule has 2 heterocycles. The highest BCUT2D eigenvalue weighted by Crippen LogP contribution is 2.32. The summed E-state index contributed by atoms with van der Waals surface area (Å²) < 4.78 is 5.27. The molecule has 0 radical (unpaired) electrons. The minimum atomic E-state index is 0.408. The van der Waals surface area contributed by atoms with Crippen molar-refractivity contribution in [1.29, 1.82) is 0 Å². The van der Waals surface area contributed by atoms with Crippen LogP contribution in [0, 0.1) is 0 Å². The third kappa shape index (κ3) is 2.74. The van der Waals surface area contributed by atoms with Crippen LogP contribution >= 0.6 is 22.9 Å². The Hall–Kier alpha value is -1.65. The number of ether oxygens (including phenoxy) is 1. The molecule has 0 saturated heterocycles. The number of rotatable bonds is 3. The summed E-state index contributed by atoms with van der Waals surface area (Å²) in [4.78, 5) is 9.11. The Balaban J connectivity index is 2.13. The molecule has 5 heteroatoms. The normalized spacial score (nSPS) is 11.3. The molecule has 0 saturated carbocycles. The first kappa shape index (κ1) is 14.3. The van der Waals surface area contributed by atoms with Crippen molar-refractivity contribution < 1.29 is 4.74 Å². The Morgan fingerprint density at radius 2 is 2.00 bits per heavy atom. The molecule has 0 bridgehead atoms. The van der Waals surface area contributed by atoms with Gasteiger partial charge in [0.2, 0.25) is 0 Å². The monoisotopic (exact) mass is 318 g/mol. The van der Waals surface area contributed by atoms with Crippen molar-refractivity contribution in [3.63, 3.8) is 0 Å². The first-order valence-corrected chi connectivity index (χ1v) is 7.94. The topological polar surface area (TPSA) is 35.0 Å². The van der Waals surface area contributed by atoms with Crippen LogP contribution in [0.1, 0.15) is 25.5 Å². The van der Waals surface area contributed by atoms with Gasteiger partial charge in [0.05, 0.1) is 12.8 Å². The number of methoxy groups -OCH3 is 1. The SMILES string of the molecule is COc1ccc2c(Cl)nc(-c3nc(C(C)C)cs3)cc2c1. The lowest BCUT2D eigenvalue weighted by Gasteiger charge is -2.06. The molecule has 0 fully saturated rings. The molecule has 3 aromatic rings. The highest BCUT2D eigenvalue weighted by molar-refractivity contribution is 7.13. The summed E-state index contributed by atoms with van der Waals surface area (Å²) >= 11 is 7.90. The minimum absolute atomic E-state index is 0.408. The van der Waals surface area contributed by atoms with Gasteiger partial charge in [0.15, 0.2) is 0 Å². The van der Waals surface area contributed by atoms with Gasteiger partial charge in [-0.2, -0.15) is 0 Å². The molecular formula is C16H15ClN2OS. The van der Waals surface area contributed by atoms with E-state index in [1.165, 1.54) is 0 Å². The quantitative estimate of drug-likeness (QED) is 0.627. The molecule has 0 spiro atoms. The molecular weight excluding hydrogens is 304 g/mol. The molecule has 3 nitrogen and oxygen atoms in total. The van der Waals surface area contributed by atoms with Crippen LogP contribution in [0.25, 0.3) is 21.5 Å². The maximum absolute atomic E-state index is 6.30. The lowest BCUT2D eigenvalue weighted by atomic mass is 10.1. The first-order valence-electron chi connectivity index (χ1n) is 6.68. The number of fused-ring (bicyclic) bond motifs is 1. The minimum Gasteiger partial charge on any atom is -0.497 e. The summed E-state index contributed by atoms with van der Waals surface area (Å²) in [6, 6.07) is 7.78. The summed E-state index contributed by atoms with van der Waals surface area (Å²) in [5.74, 6) is 1.21. The Kier molecular flexibility index (Phi) is 3.83. The summed E-state index contributed by atoms with van der Waals surface area (Å²) in [7, 11) is 1.65.